The maximum absolute atomic E-state index is 9.91. The van der Waals surface area contributed by atoms with Crippen molar-refractivity contribution in [2.24, 2.45) is 0 Å². The van der Waals surface area contributed by atoms with E-state index >= 15 is 0 Å². The summed E-state index contributed by atoms with van der Waals surface area (Å²) in [6.07, 6.45) is 5.81. The van der Waals surface area contributed by atoms with Crippen molar-refractivity contribution in [3.8, 4) is 0 Å². The van der Waals surface area contributed by atoms with Gasteiger partial charge in [0.2, 0.25) is 0 Å². The predicted molar refractivity (Wildman–Crippen MR) is 35.0 cm³/mol. The van der Waals surface area contributed by atoms with Gasteiger partial charge in [0, 0.05) is 0 Å². The summed E-state index contributed by atoms with van der Waals surface area (Å²) in [6.45, 7) is 1.67. The highest BCUT2D eigenvalue weighted by molar-refractivity contribution is 5.73. The number of carbonyl (C=O) groups excluding carboxylic acids is 2. The SMILES string of the molecule is C/C(C=O)=C/C=C\C=O. The second kappa shape index (κ2) is 4.97. The Kier molecular flexibility index (Phi) is 4.32. The Bertz CT molecular complexity index is 154. The summed E-state index contributed by atoms with van der Waals surface area (Å²) in [5.41, 5.74) is 0.605. The normalized spacial score (nSPS) is 11.9. The second-order valence-corrected chi connectivity index (χ2v) is 1.55. The highest BCUT2D eigenvalue weighted by Gasteiger charge is 1.76. The van der Waals surface area contributed by atoms with E-state index in [1.165, 1.54) is 12.2 Å². The van der Waals surface area contributed by atoms with Crippen LogP contribution >= 0.6 is 0 Å². The minimum Gasteiger partial charge on any atom is -0.299 e. The number of carbonyl (C=O) groups is 2. The zero-order chi connectivity index (χ0) is 7.11. The fourth-order valence-corrected chi connectivity index (χ4v) is 0.292. The van der Waals surface area contributed by atoms with Gasteiger partial charge in [-0.05, 0) is 18.6 Å². The van der Waals surface area contributed by atoms with Crippen molar-refractivity contribution >= 4 is 12.6 Å². The molecule has 0 amide bonds. The van der Waals surface area contributed by atoms with E-state index in [4.69, 9.17) is 0 Å². The van der Waals surface area contributed by atoms with E-state index in [2.05, 4.69) is 0 Å². The number of hydrogen-bond acceptors (Lipinski definition) is 2. The Morgan fingerprint density at radius 1 is 1.22 bits per heavy atom. The lowest BCUT2D eigenvalue weighted by atomic mass is 10.3. The molecule has 0 saturated heterocycles. The van der Waals surface area contributed by atoms with Crippen LogP contribution < -0.4 is 0 Å². The van der Waals surface area contributed by atoms with Crippen LogP contribution in [0, 0.1) is 0 Å². The first kappa shape index (κ1) is 7.82. The van der Waals surface area contributed by atoms with E-state index in [1.807, 2.05) is 0 Å². The number of hydrogen-bond donors (Lipinski definition) is 0. The molecule has 0 aromatic heterocycles. The van der Waals surface area contributed by atoms with E-state index in [0.29, 0.717) is 11.9 Å². The van der Waals surface area contributed by atoms with Crippen LogP contribution in [0.1, 0.15) is 6.92 Å². The third kappa shape index (κ3) is 4.68. The van der Waals surface area contributed by atoms with Crippen LogP contribution in [0.2, 0.25) is 0 Å². The first-order valence-electron chi connectivity index (χ1n) is 2.55. The fourth-order valence-electron chi connectivity index (χ4n) is 0.292. The van der Waals surface area contributed by atoms with Crippen LogP contribution in [0.15, 0.2) is 23.8 Å². The van der Waals surface area contributed by atoms with Crippen LogP contribution in [0.3, 0.4) is 0 Å². The molecule has 0 rings (SSSR count). The molecular formula is C7H8O2. The minimum absolute atomic E-state index is 0.605. The van der Waals surface area contributed by atoms with Crippen molar-refractivity contribution in [3.05, 3.63) is 23.8 Å². The maximum Gasteiger partial charge on any atom is 0.145 e. The number of rotatable bonds is 3. The summed E-state index contributed by atoms with van der Waals surface area (Å²) in [6, 6.07) is 0. The summed E-state index contributed by atoms with van der Waals surface area (Å²) in [4.78, 5) is 19.6. The molecule has 0 aliphatic carbocycles. The topological polar surface area (TPSA) is 34.1 Å². The molecule has 2 heteroatoms. The molecule has 0 aliphatic rings. The first-order valence-corrected chi connectivity index (χ1v) is 2.55. The van der Waals surface area contributed by atoms with Crippen LogP contribution in [0.5, 0.6) is 0 Å². The zero-order valence-electron chi connectivity index (χ0n) is 5.20. The molecule has 0 heterocycles. The van der Waals surface area contributed by atoms with Gasteiger partial charge in [0.15, 0.2) is 0 Å². The third-order valence-corrected chi connectivity index (χ3v) is 0.735. The standard InChI is InChI=1S/C7H8O2/c1-7(6-9)4-2-3-5-8/h2-6H,1H3/b3-2-,7-4-. The lowest BCUT2D eigenvalue weighted by Crippen LogP contribution is -1.72. The molecule has 0 unspecified atom stereocenters. The molecule has 0 aromatic carbocycles. The molecule has 0 saturated carbocycles. The average molecular weight is 124 g/mol. The molecule has 0 atom stereocenters. The van der Waals surface area contributed by atoms with Crippen LogP contribution in [-0.4, -0.2) is 12.6 Å². The molecule has 0 spiro atoms. The summed E-state index contributed by atoms with van der Waals surface area (Å²) in [7, 11) is 0. The first-order chi connectivity index (χ1) is 4.31. The van der Waals surface area contributed by atoms with Crippen molar-refractivity contribution < 1.29 is 9.59 Å². The largest absolute Gasteiger partial charge is 0.299 e. The summed E-state index contributed by atoms with van der Waals surface area (Å²) in [5.74, 6) is 0. The molecule has 9 heavy (non-hydrogen) atoms. The Morgan fingerprint density at radius 2 is 1.89 bits per heavy atom. The Labute approximate surface area is 53.9 Å². The van der Waals surface area contributed by atoms with Crippen molar-refractivity contribution in [2.75, 3.05) is 0 Å². The zero-order valence-corrected chi connectivity index (χ0v) is 5.20. The number of aldehydes is 2. The van der Waals surface area contributed by atoms with E-state index < -0.39 is 0 Å². The van der Waals surface area contributed by atoms with Gasteiger partial charge in [0.25, 0.3) is 0 Å². The Balaban J connectivity index is 3.81. The van der Waals surface area contributed by atoms with Crippen molar-refractivity contribution in [3.63, 3.8) is 0 Å². The highest BCUT2D eigenvalue weighted by Crippen LogP contribution is 1.85. The van der Waals surface area contributed by atoms with Gasteiger partial charge in [-0.15, -0.1) is 0 Å². The van der Waals surface area contributed by atoms with Crippen molar-refractivity contribution in [1.82, 2.24) is 0 Å². The Hall–Kier alpha value is -1.18. The molecule has 0 aromatic rings. The van der Waals surface area contributed by atoms with Crippen LogP contribution in [0.4, 0.5) is 0 Å². The van der Waals surface area contributed by atoms with Gasteiger partial charge in [-0.1, -0.05) is 12.2 Å². The smallest absolute Gasteiger partial charge is 0.145 e. The van der Waals surface area contributed by atoms with Crippen molar-refractivity contribution in [2.45, 2.75) is 6.92 Å². The van der Waals surface area contributed by atoms with Gasteiger partial charge < -0.3 is 0 Å². The third-order valence-electron chi connectivity index (χ3n) is 0.735. The van der Waals surface area contributed by atoms with E-state index in [1.54, 1.807) is 13.0 Å². The summed E-state index contributed by atoms with van der Waals surface area (Å²) < 4.78 is 0. The molecule has 0 bridgehead atoms. The van der Waals surface area contributed by atoms with Gasteiger partial charge in [-0.2, -0.15) is 0 Å². The molecule has 48 valence electrons. The lowest BCUT2D eigenvalue weighted by molar-refractivity contribution is -0.105. The van der Waals surface area contributed by atoms with E-state index in [-0.39, 0.29) is 0 Å². The van der Waals surface area contributed by atoms with Crippen LogP contribution in [-0.2, 0) is 9.59 Å². The van der Waals surface area contributed by atoms with Gasteiger partial charge in [0.1, 0.15) is 12.6 Å². The maximum atomic E-state index is 9.91. The molecule has 0 aliphatic heterocycles. The summed E-state index contributed by atoms with van der Waals surface area (Å²) >= 11 is 0. The average Bonchev–Trinajstić information content (AvgIpc) is 1.89. The van der Waals surface area contributed by atoms with Gasteiger partial charge in [-0.25, -0.2) is 0 Å². The minimum atomic E-state index is 0.605. The van der Waals surface area contributed by atoms with Crippen LogP contribution in [0.25, 0.3) is 0 Å². The summed E-state index contributed by atoms with van der Waals surface area (Å²) in [5, 5.41) is 0. The number of allylic oxidation sites excluding steroid dienone is 4. The highest BCUT2D eigenvalue weighted by atomic mass is 16.1. The predicted octanol–water partition coefficient (Wildman–Crippen LogP) is 0.887. The molecular weight excluding hydrogens is 116 g/mol. The molecule has 0 fully saturated rings. The van der Waals surface area contributed by atoms with Gasteiger partial charge in [-0.3, -0.25) is 9.59 Å². The van der Waals surface area contributed by atoms with Gasteiger partial charge >= 0.3 is 0 Å². The lowest BCUT2D eigenvalue weighted by Gasteiger charge is -1.77. The molecule has 2 nitrogen and oxygen atoms in total. The Morgan fingerprint density at radius 3 is 2.33 bits per heavy atom. The van der Waals surface area contributed by atoms with Gasteiger partial charge in [0.05, 0.1) is 0 Å². The second-order valence-electron chi connectivity index (χ2n) is 1.55. The van der Waals surface area contributed by atoms with E-state index in [0.717, 1.165) is 6.29 Å². The molecule has 0 radical (unpaired) electrons. The molecule has 0 N–H and O–H groups in total. The monoisotopic (exact) mass is 124 g/mol. The van der Waals surface area contributed by atoms with E-state index in [9.17, 15) is 9.59 Å². The van der Waals surface area contributed by atoms with Crippen molar-refractivity contribution in [1.29, 1.82) is 0 Å². The quantitative estimate of drug-likeness (QED) is 0.318. The fraction of sp³-hybridized carbons (Fsp3) is 0.143.